The average molecular weight is 252 g/mol. The second kappa shape index (κ2) is 4.81. The van der Waals surface area contributed by atoms with Gasteiger partial charge in [0.25, 0.3) is 5.91 Å². The number of amides is 1. The van der Waals surface area contributed by atoms with Crippen LogP contribution in [0, 0.1) is 0 Å². The van der Waals surface area contributed by atoms with Crippen molar-refractivity contribution in [3.63, 3.8) is 0 Å². The second-order valence-electron chi connectivity index (χ2n) is 4.05. The minimum absolute atomic E-state index is 0.204. The number of para-hydroxylation sites is 2. The molecule has 0 bridgehead atoms. The van der Waals surface area contributed by atoms with Gasteiger partial charge in [0.15, 0.2) is 0 Å². The zero-order valence-electron chi connectivity index (χ0n) is 10.1. The van der Waals surface area contributed by atoms with E-state index in [9.17, 15) is 4.79 Å². The van der Waals surface area contributed by atoms with Crippen LogP contribution in [0.1, 0.15) is 10.4 Å². The first kappa shape index (κ1) is 11.3. The maximum atomic E-state index is 11.8. The summed E-state index contributed by atoms with van der Waals surface area (Å²) >= 11 is 0. The van der Waals surface area contributed by atoms with Crippen LogP contribution < -0.4 is 16.2 Å². The number of carbonyl (C=O) groups excluding carboxylic acids is 1. The minimum Gasteiger partial charge on any atom is -0.325 e. The van der Waals surface area contributed by atoms with Crippen LogP contribution in [0.15, 0.2) is 59.6 Å². The van der Waals surface area contributed by atoms with E-state index in [4.69, 9.17) is 0 Å². The highest BCUT2D eigenvalue weighted by molar-refractivity contribution is 6.05. The highest BCUT2D eigenvalue weighted by Gasteiger charge is 2.15. The van der Waals surface area contributed by atoms with E-state index < -0.39 is 0 Å². The Bertz CT molecular complexity index is 637. The summed E-state index contributed by atoms with van der Waals surface area (Å²) in [5.41, 5.74) is 7.42. The number of rotatable bonds is 1. The Balaban J connectivity index is 1.92. The predicted octanol–water partition coefficient (Wildman–Crippen LogP) is 2.03. The van der Waals surface area contributed by atoms with Crippen LogP contribution >= 0.6 is 0 Å². The Kier molecular flexibility index (Phi) is 2.86. The van der Waals surface area contributed by atoms with E-state index in [1.807, 2.05) is 42.5 Å². The van der Waals surface area contributed by atoms with Crippen LogP contribution in [-0.2, 0) is 0 Å². The number of nitrogens with zero attached hydrogens (tertiary/aromatic N) is 1. The Labute approximate surface area is 110 Å². The Hall–Kier alpha value is -2.82. The number of benzene rings is 2. The first-order valence-corrected chi connectivity index (χ1v) is 5.89. The number of fused-ring (bicyclic) bond motifs is 1. The van der Waals surface area contributed by atoms with Crippen molar-refractivity contribution in [2.45, 2.75) is 0 Å². The van der Waals surface area contributed by atoms with Crippen molar-refractivity contribution in [2.24, 2.45) is 4.99 Å². The van der Waals surface area contributed by atoms with E-state index in [1.165, 1.54) is 0 Å². The summed E-state index contributed by atoms with van der Waals surface area (Å²) in [6.45, 7) is 0. The summed E-state index contributed by atoms with van der Waals surface area (Å²) in [6, 6.07) is 16.8. The third kappa shape index (κ3) is 2.40. The molecule has 2 aromatic rings. The number of anilines is 1. The van der Waals surface area contributed by atoms with Crippen LogP contribution in [0.25, 0.3) is 0 Å². The van der Waals surface area contributed by atoms with Gasteiger partial charge >= 0.3 is 0 Å². The van der Waals surface area contributed by atoms with Gasteiger partial charge in [-0.3, -0.25) is 15.6 Å². The minimum atomic E-state index is -0.204. The molecule has 3 N–H and O–H groups in total. The summed E-state index contributed by atoms with van der Waals surface area (Å²) in [5, 5.41) is 3.11. The molecule has 0 fully saturated rings. The van der Waals surface area contributed by atoms with Gasteiger partial charge in [-0.1, -0.05) is 30.3 Å². The molecule has 0 saturated carbocycles. The summed E-state index contributed by atoms with van der Waals surface area (Å²) < 4.78 is 0. The van der Waals surface area contributed by atoms with Crippen LogP contribution in [-0.4, -0.2) is 11.9 Å². The molecule has 3 rings (SSSR count). The number of hydrazine groups is 1. The van der Waals surface area contributed by atoms with Crippen molar-refractivity contribution >= 4 is 23.2 Å². The highest BCUT2D eigenvalue weighted by atomic mass is 16.2. The summed E-state index contributed by atoms with van der Waals surface area (Å²) in [7, 11) is 0. The number of aliphatic imine (C=N–C) groups is 1. The zero-order chi connectivity index (χ0) is 13.1. The lowest BCUT2D eigenvalue weighted by molar-refractivity contribution is 0.0946. The van der Waals surface area contributed by atoms with Gasteiger partial charge < -0.3 is 5.32 Å². The molecule has 0 unspecified atom stereocenters. The van der Waals surface area contributed by atoms with E-state index >= 15 is 0 Å². The van der Waals surface area contributed by atoms with Crippen LogP contribution in [0.5, 0.6) is 0 Å². The third-order valence-corrected chi connectivity index (χ3v) is 2.71. The maximum absolute atomic E-state index is 11.8. The topological polar surface area (TPSA) is 65.5 Å². The molecule has 94 valence electrons. The molecule has 2 aromatic carbocycles. The Morgan fingerprint density at radius 3 is 2.47 bits per heavy atom. The summed E-state index contributed by atoms with van der Waals surface area (Å²) in [5.74, 6) is 0.272. The van der Waals surface area contributed by atoms with Gasteiger partial charge in [-0.15, -0.1) is 0 Å². The molecular formula is C14H12N4O. The third-order valence-electron chi connectivity index (χ3n) is 2.71. The van der Waals surface area contributed by atoms with Crippen LogP contribution in [0.4, 0.5) is 11.4 Å². The van der Waals surface area contributed by atoms with Crippen molar-refractivity contribution in [1.29, 1.82) is 0 Å². The van der Waals surface area contributed by atoms with Crippen molar-refractivity contribution < 1.29 is 4.79 Å². The lowest BCUT2D eigenvalue weighted by atomic mass is 10.2. The maximum Gasteiger partial charge on any atom is 0.271 e. The number of hydrogen-bond acceptors (Lipinski definition) is 4. The van der Waals surface area contributed by atoms with E-state index in [0.29, 0.717) is 17.2 Å². The van der Waals surface area contributed by atoms with Crippen molar-refractivity contribution in [2.75, 3.05) is 5.32 Å². The molecule has 1 aliphatic heterocycles. The predicted molar refractivity (Wildman–Crippen MR) is 74.2 cm³/mol. The average Bonchev–Trinajstić information content (AvgIpc) is 2.60. The van der Waals surface area contributed by atoms with E-state index in [0.717, 1.165) is 5.69 Å². The van der Waals surface area contributed by atoms with Gasteiger partial charge in [-0.2, -0.15) is 0 Å². The molecule has 1 aliphatic rings. The molecule has 0 radical (unpaired) electrons. The van der Waals surface area contributed by atoms with Gasteiger partial charge in [-0.05, 0) is 24.3 Å². The van der Waals surface area contributed by atoms with Crippen molar-refractivity contribution in [3.8, 4) is 0 Å². The van der Waals surface area contributed by atoms with Crippen molar-refractivity contribution in [3.05, 3.63) is 60.2 Å². The molecule has 0 saturated heterocycles. The quantitative estimate of drug-likeness (QED) is 0.727. The van der Waals surface area contributed by atoms with Crippen molar-refractivity contribution in [1.82, 2.24) is 10.9 Å². The van der Waals surface area contributed by atoms with E-state index in [2.05, 4.69) is 21.2 Å². The molecule has 1 amide bonds. The summed E-state index contributed by atoms with van der Waals surface area (Å²) in [4.78, 5) is 16.2. The van der Waals surface area contributed by atoms with Crippen LogP contribution in [0.3, 0.4) is 0 Å². The normalized spacial score (nSPS) is 13.5. The lowest BCUT2D eigenvalue weighted by Gasteiger charge is -2.09. The number of nitrogens with one attached hydrogen (secondary N) is 3. The lowest BCUT2D eigenvalue weighted by Crippen LogP contribution is -2.43. The first-order chi connectivity index (χ1) is 9.33. The Morgan fingerprint density at radius 2 is 1.63 bits per heavy atom. The smallest absolute Gasteiger partial charge is 0.271 e. The SMILES string of the molecule is O=C1NNC(Nc2ccccc2)=Nc2ccccc21. The van der Waals surface area contributed by atoms with Gasteiger partial charge in [0, 0.05) is 5.69 Å². The highest BCUT2D eigenvalue weighted by Crippen LogP contribution is 2.20. The molecule has 19 heavy (non-hydrogen) atoms. The van der Waals surface area contributed by atoms with Crippen LogP contribution in [0.2, 0.25) is 0 Å². The first-order valence-electron chi connectivity index (χ1n) is 5.89. The molecule has 0 aromatic heterocycles. The standard InChI is InChI=1S/C14H12N4O/c19-13-11-8-4-5-9-12(11)16-14(18-17-13)15-10-6-2-1-3-7-10/h1-9H,(H,17,19)(H2,15,16,18). The monoisotopic (exact) mass is 252 g/mol. The molecular weight excluding hydrogens is 240 g/mol. The molecule has 5 nitrogen and oxygen atoms in total. The molecule has 1 heterocycles. The van der Waals surface area contributed by atoms with E-state index in [-0.39, 0.29) is 5.91 Å². The van der Waals surface area contributed by atoms with E-state index in [1.54, 1.807) is 12.1 Å². The van der Waals surface area contributed by atoms with Gasteiger partial charge in [0.2, 0.25) is 5.96 Å². The molecule has 5 heteroatoms. The number of guanidine groups is 1. The number of hydrogen-bond donors (Lipinski definition) is 3. The molecule has 0 aliphatic carbocycles. The van der Waals surface area contributed by atoms with Gasteiger partial charge in [0.1, 0.15) is 0 Å². The fraction of sp³-hybridized carbons (Fsp3) is 0. The second-order valence-corrected chi connectivity index (χ2v) is 4.05. The van der Waals surface area contributed by atoms with Gasteiger partial charge in [0.05, 0.1) is 11.3 Å². The molecule has 0 atom stereocenters. The largest absolute Gasteiger partial charge is 0.325 e. The summed E-state index contributed by atoms with van der Waals surface area (Å²) in [6.07, 6.45) is 0. The Morgan fingerprint density at radius 1 is 0.895 bits per heavy atom. The van der Waals surface area contributed by atoms with Gasteiger partial charge in [-0.25, -0.2) is 4.99 Å². The number of carbonyl (C=O) groups is 1. The fourth-order valence-electron chi connectivity index (χ4n) is 1.81. The fourth-order valence-corrected chi connectivity index (χ4v) is 1.81. The zero-order valence-corrected chi connectivity index (χ0v) is 10.1. The molecule has 0 spiro atoms.